The summed E-state index contributed by atoms with van der Waals surface area (Å²) in [4.78, 5) is 12.0. The standard InChI is InChI=1S/C15H17NO4S2/c1-10(2)11-4-6-12(7-5-11)22(18,19)16-13-8-9-21-14(13)15(17)20-3/h4-10,16H,1-3H3. The smallest absolute Gasteiger partial charge is 0.350 e. The number of benzene rings is 1. The van der Waals surface area contributed by atoms with Crippen LogP contribution in [0.15, 0.2) is 40.6 Å². The van der Waals surface area contributed by atoms with E-state index in [1.54, 1.807) is 29.6 Å². The van der Waals surface area contributed by atoms with Gasteiger partial charge in [-0.15, -0.1) is 11.3 Å². The van der Waals surface area contributed by atoms with Crippen LogP contribution < -0.4 is 4.72 Å². The molecular formula is C15H17NO4S2. The number of nitrogens with one attached hydrogen (secondary N) is 1. The maximum Gasteiger partial charge on any atom is 0.350 e. The quantitative estimate of drug-likeness (QED) is 0.847. The van der Waals surface area contributed by atoms with Crippen molar-refractivity contribution in [2.75, 3.05) is 11.8 Å². The molecule has 1 N–H and O–H groups in total. The highest BCUT2D eigenvalue weighted by Gasteiger charge is 2.20. The van der Waals surface area contributed by atoms with E-state index < -0.39 is 16.0 Å². The summed E-state index contributed by atoms with van der Waals surface area (Å²) in [6.07, 6.45) is 0. The van der Waals surface area contributed by atoms with Crippen molar-refractivity contribution >= 4 is 33.0 Å². The van der Waals surface area contributed by atoms with Crippen molar-refractivity contribution in [3.63, 3.8) is 0 Å². The van der Waals surface area contributed by atoms with Gasteiger partial charge in [0.25, 0.3) is 10.0 Å². The van der Waals surface area contributed by atoms with Crippen LogP contribution in [0.1, 0.15) is 35.0 Å². The molecular weight excluding hydrogens is 322 g/mol. The minimum atomic E-state index is -3.74. The Hall–Kier alpha value is -1.86. The monoisotopic (exact) mass is 339 g/mol. The van der Waals surface area contributed by atoms with Gasteiger partial charge in [-0.2, -0.15) is 0 Å². The lowest BCUT2D eigenvalue weighted by atomic mass is 10.0. The number of thiophene rings is 1. The van der Waals surface area contributed by atoms with Gasteiger partial charge in [0.2, 0.25) is 0 Å². The molecule has 0 aliphatic carbocycles. The first kappa shape index (κ1) is 16.5. The third-order valence-corrected chi connectivity index (χ3v) is 5.41. The van der Waals surface area contributed by atoms with Crippen LogP contribution in [0.4, 0.5) is 5.69 Å². The molecule has 1 aromatic heterocycles. The average Bonchev–Trinajstić information content (AvgIpc) is 2.94. The molecule has 0 saturated heterocycles. The van der Waals surface area contributed by atoms with Crippen LogP contribution in [-0.2, 0) is 14.8 Å². The summed E-state index contributed by atoms with van der Waals surface area (Å²) >= 11 is 1.12. The normalized spacial score (nSPS) is 11.5. The van der Waals surface area contributed by atoms with Gasteiger partial charge in [-0.05, 0) is 35.1 Å². The fraction of sp³-hybridized carbons (Fsp3) is 0.267. The van der Waals surface area contributed by atoms with Gasteiger partial charge in [0, 0.05) is 0 Å². The van der Waals surface area contributed by atoms with Crippen LogP contribution in [0.3, 0.4) is 0 Å². The summed E-state index contributed by atoms with van der Waals surface area (Å²) in [6.45, 7) is 4.07. The summed E-state index contributed by atoms with van der Waals surface area (Å²) < 4.78 is 31.8. The zero-order valence-corrected chi connectivity index (χ0v) is 14.1. The van der Waals surface area contributed by atoms with E-state index in [-0.39, 0.29) is 15.5 Å². The van der Waals surface area contributed by atoms with E-state index in [2.05, 4.69) is 9.46 Å². The highest BCUT2D eigenvalue weighted by Crippen LogP contribution is 2.26. The lowest BCUT2D eigenvalue weighted by Crippen LogP contribution is -2.14. The molecule has 1 heterocycles. The molecule has 7 heteroatoms. The summed E-state index contributed by atoms with van der Waals surface area (Å²) in [5, 5.41) is 1.63. The Bertz CT molecular complexity index is 761. The van der Waals surface area contributed by atoms with Crippen LogP contribution in [0, 0.1) is 0 Å². The maximum absolute atomic E-state index is 12.4. The first-order chi connectivity index (χ1) is 10.3. The Kier molecular flexibility index (Phi) is 4.87. The van der Waals surface area contributed by atoms with Gasteiger partial charge >= 0.3 is 5.97 Å². The van der Waals surface area contributed by atoms with Gasteiger partial charge in [0.15, 0.2) is 0 Å². The summed E-state index contributed by atoms with van der Waals surface area (Å²) in [5.74, 6) is -0.240. The lowest BCUT2D eigenvalue weighted by Gasteiger charge is -2.10. The number of hydrogen-bond donors (Lipinski definition) is 1. The molecule has 0 aliphatic heterocycles. The van der Waals surface area contributed by atoms with Crippen molar-refractivity contribution in [2.24, 2.45) is 0 Å². The Morgan fingerprint density at radius 2 is 1.82 bits per heavy atom. The predicted molar refractivity (Wildman–Crippen MR) is 87.0 cm³/mol. The number of sulfonamides is 1. The topological polar surface area (TPSA) is 72.5 Å². The second-order valence-corrected chi connectivity index (χ2v) is 7.58. The van der Waals surface area contributed by atoms with E-state index in [0.717, 1.165) is 16.9 Å². The van der Waals surface area contributed by atoms with Crippen molar-refractivity contribution in [1.29, 1.82) is 0 Å². The second kappa shape index (κ2) is 6.50. The Morgan fingerprint density at radius 1 is 1.18 bits per heavy atom. The van der Waals surface area contributed by atoms with E-state index in [9.17, 15) is 13.2 Å². The highest BCUT2D eigenvalue weighted by molar-refractivity contribution is 7.92. The van der Waals surface area contributed by atoms with Crippen LogP contribution >= 0.6 is 11.3 Å². The highest BCUT2D eigenvalue weighted by atomic mass is 32.2. The number of hydrogen-bond acceptors (Lipinski definition) is 5. The maximum atomic E-state index is 12.4. The summed E-state index contributed by atoms with van der Waals surface area (Å²) in [7, 11) is -2.49. The summed E-state index contributed by atoms with van der Waals surface area (Å²) in [5.41, 5.74) is 1.29. The van der Waals surface area contributed by atoms with Crippen molar-refractivity contribution in [1.82, 2.24) is 0 Å². The van der Waals surface area contributed by atoms with Gasteiger partial charge in [-0.1, -0.05) is 26.0 Å². The molecule has 0 spiro atoms. The minimum Gasteiger partial charge on any atom is -0.465 e. The van der Waals surface area contributed by atoms with Crippen molar-refractivity contribution in [3.05, 3.63) is 46.2 Å². The molecule has 2 aromatic rings. The predicted octanol–water partition coefficient (Wildman–Crippen LogP) is 3.46. The fourth-order valence-electron chi connectivity index (χ4n) is 1.88. The van der Waals surface area contributed by atoms with Crippen LogP contribution in [-0.4, -0.2) is 21.5 Å². The third-order valence-electron chi connectivity index (χ3n) is 3.14. The average molecular weight is 339 g/mol. The number of esters is 1. The minimum absolute atomic E-state index is 0.152. The number of ether oxygens (including phenoxy) is 1. The first-order valence-electron chi connectivity index (χ1n) is 6.63. The Balaban J connectivity index is 2.28. The van der Waals surface area contributed by atoms with E-state index in [1.165, 1.54) is 13.2 Å². The van der Waals surface area contributed by atoms with Crippen molar-refractivity contribution in [3.8, 4) is 0 Å². The van der Waals surface area contributed by atoms with Crippen molar-refractivity contribution in [2.45, 2.75) is 24.7 Å². The van der Waals surface area contributed by atoms with Gasteiger partial charge in [0.05, 0.1) is 17.7 Å². The molecule has 0 bridgehead atoms. The van der Waals surface area contributed by atoms with E-state index in [0.29, 0.717) is 5.92 Å². The molecule has 22 heavy (non-hydrogen) atoms. The van der Waals surface area contributed by atoms with Crippen LogP contribution in [0.5, 0.6) is 0 Å². The molecule has 0 amide bonds. The van der Waals surface area contributed by atoms with Crippen molar-refractivity contribution < 1.29 is 17.9 Å². The zero-order chi connectivity index (χ0) is 16.3. The Morgan fingerprint density at radius 3 is 2.36 bits per heavy atom. The lowest BCUT2D eigenvalue weighted by molar-refractivity contribution is 0.0607. The molecule has 0 fully saturated rings. The van der Waals surface area contributed by atoms with Crippen LogP contribution in [0.25, 0.3) is 0 Å². The molecule has 0 aliphatic rings. The molecule has 5 nitrogen and oxygen atoms in total. The number of anilines is 1. The van der Waals surface area contributed by atoms with Gasteiger partial charge in [0.1, 0.15) is 4.88 Å². The molecule has 0 radical (unpaired) electrons. The number of rotatable bonds is 5. The van der Waals surface area contributed by atoms with E-state index in [4.69, 9.17) is 0 Å². The fourth-order valence-corrected chi connectivity index (χ4v) is 3.78. The molecule has 0 unspecified atom stereocenters. The SMILES string of the molecule is COC(=O)c1sccc1NS(=O)(=O)c1ccc(C(C)C)cc1. The molecule has 2 rings (SSSR count). The molecule has 0 atom stereocenters. The van der Waals surface area contributed by atoms with Gasteiger partial charge in [-0.25, -0.2) is 13.2 Å². The van der Waals surface area contributed by atoms with Gasteiger partial charge in [-0.3, -0.25) is 4.72 Å². The zero-order valence-electron chi connectivity index (χ0n) is 12.5. The Labute approximate surface area is 134 Å². The molecule has 1 aromatic carbocycles. The summed E-state index contributed by atoms with van der Waals surface area (Å²) in [6, 6.07) is 8.22. The number of carbonyl (C=O) groups is 1. The van der Waals surface area contributed by atoms with Gasteiger partial charge < -0.3 is 4.74 Å². The molecule has 0 saturated carbocycles. The van der Waals surface area contributed by atoms with E-state index in [1.807, 2.05) is 13.8 Å². The first-order valence-corrected chi connectivity index (χ1v) is 9.00. The van der Waals surface area contributed by atoms with E-state index >= 15 is 0 Å². The second-order valence-electron chi connectivity index (χ2n) is 4.98. The van der Waals surface area contributed by atoms with Crippen LogP contribution in [0.2, 0.25) is 0 Å². The third kappa shape index (κ3) is 3.48. The number of methoxy groups -OCH3 is 1. The largest absolute Gasteiger partial charge is 0.465 e. The number of carbonyl (C=O) groups excluding carboxylic acids is 1. The molecule has 118 valence electrons.